The summed E-state index contributed by atoms with van der Waals surface area (Å²) in [6.45, 7) is 0. The molecule has 3 aliphatic rings. The minimum atomic E-state index is 1.03. The molecule has 0 unspecified atom stereocenters. The van der Waals surface area contributed by atoms with E-state index in [9.17, 15) is 0 Å². The Morgan fingerprint density at radius 1 is 0.436 bits per heavy atom. The number of benzene rings is 6. The number of allylic oxidation sites excluding steroid dienone is 3. The molecule has 0 heteroatoms. The molecule has 0 spiro atoms. The Kier molecular flexibility index (Phi) is 4.20. The molecule has 0 nitrogen and oxygen atoms in total. The van der Waals surface area contributed by atoms with Gasteiger partial charge in [0.15, 0.2) is 0 Å². The predicted molar refractivity (Wildman–Crippen MR) is 165 cm³/mol. The Morgan fingerprint density at radius 3 is 1.69 bits per heavy atom. The number of rotatable bonds is 2. The van der Waals surface area contributed by atoms with Crippen LogP contribution in [-0.4, -0.2) is 0 Å². The molecule has 0 aromatic heterocycles. The first-order chi connectivity index (χ1) is 19.4. The van der Waals surface area contributed by atoms with E-state index in [1.54, 1.807) is 0 Å². The summed E-state index contributed by atoms with van der Waals surface area (Å²) >= 11 is 0. The van der Waals surface area contributed by atoms with Gasteiger partial charge in [0.2, 0.25) is 0 Å². The van der Waals surface area contributed by atoms with Crippen LogP contribution in [-0.2, 0) is 6.42 Å². The first kappa shape index (κ1) is 21.0. The molecule has 0 aliphatic heterocycles. The van der Waals surface area contributed by atoms with Crippen LogP contribution in [0.25, 0.3) is 49.9 Å². The second-order valence-electron chi connectivity index (χ2n) is 10.8. The van der Waals surface area contributed by atoms with Crippen molar-refractivity contribution in [3.63, 3.8) is 0 Å². The maximum Gasteiger partial charge on any atom is -0.000717 e. The molecule has 180 valence electrons. The highest BCUT2D eigenvalue weighted by molar-refractivity contribution is 6.38. The largest absolute Gasteiger partial charge is 0.0795 e. The molecule has 39 heavy (non-hydrogen) atoms. The molecule has 0 radical (unpaired) electrons. The molecule has 0 saturated heterocycles. The van der Waals surface area contributed by atoms with Crippen molar-refractivity contribution in [3.8, 4) is 0 Å². The fourth-order valence-electron chi connectivity index (χ4n) is 7.12. The zero-order valence-corrected chi connectivity index (χ0v) is 21.4. The zero-order valence-electron chi connectivity index (χ0n) is 21.4. The first-order valence-corrected chi connectivity index (χ1v) is 13.8. The smallest absolute Gasteiger partial charge is 0.000717 e. The van der Waals surface area contributed by atoms with E-state index in [4.69, 9.17) is 0 Å². The van der Waals surface area contributed by atoms with Gasteiger partial charge in [-0.1, -0.05) is 127 Å². The lowest BCUT2D eigenvalue weighted by Crippen LogP contribution is -1.95. The standard InChI is InChI=1S/C39H24/c1-2-11-27(12-3-1)34-36-30-15-6-4-9-25(30)19-21-32(36)39-35(29-18-17-24-13-8-14-28(24)23-29)37-31-16-7-5-10-26(31)20-22-33(37)38(34)39/h1-12,14-23H,13H2. The van der Waals surface area contributed by atoms with Crippen LogP contribution in [0, 0.1) is 0 Å². The summed E-state index contributed by atoms with van der Waals surface area (Å²) in [6.07, 6.45) is 5.59. The third-order valence-corrected chi connectivity index (χ3v) is 8.78. The van der Waals surface area contributed by atoms with Gasteiger partial charge in [-0.05, 0) is 101 Å². The molecule has 9 rings (SSSR count). The third kappa shape index (κ3) is 2.84. The van der Waals surface area contributed by atoms with Crippen LogP contribution in [0.3, 0.4) is 0 Å². The highest BCUT2D eigenvalue weighted by Gasteiger charge is 2.39. The fourth-order valence-corrected chi connectivity index (χ4v) is 7.12. The van der Waals surface area contributed by atoms with Crippen molar-refractivity contribution in [1.82, 2.24) is 0 Å². The minimum absolute atomic E-state index is 1.03. The molecular weight excluding hydrogens is 468 g/mol. The van der Waals surface area contributed by atoms with Crippen LogP contribution in [0.1, 0.15) is 44.5 Å². The number of hydrogen-bond acceptors (Lipinski definition) is 0. The summed E-state index contributed by atoms with van der Waals surface area (Å²) in [5.41, 5.74) is 16.2. The summed E-state index contributed by atoms with van der Waals surface area (Å²) in [5.74, 6) is 0. The van der Waals surface area contributed by atoms with Crippen LogP contribution >= 0.6 is 0 Å². The van der Waals surface area contributed by atoms with Crippen LogP contribution in [0.5, 0.6) is 0 Å². The lowest BCUT2D eigenvalue weighted by Gasteiger charge is -2.16. The summed E-state index contributed by atoms with van der Waals surface area (Å²) in [7, 11) is 0. The monoisotopic (exact) mass is 492 g/mol. The molecule has 6 aromatic carbocycles. The van der Waals surface area contributed by atoms with Gasteiger partial charge < -0.3 is 0 Å². The second-order valence-corrected chi connectivity index (χ2v) is 10.8. The van der Waals surface area contributed by atoms with Crippen LogP contribution in [0.15, 0.2) is 127 Å². The van der Waals surface area contributed by atoms with Gasteiger partial charge in [-0.2, -0.15) is 0 Å². The SMILES string of the molecule is C1=Cc2cc(C3=C4C(=C(c5ccccc5)c5c4ccc4ccccc54)c4ccc5ccccc5c43)ccc2C1. The maximum atomic E-state index is 2.41. The molecule has 3 aliphatic carbocycles. The maximum absolute atomic E-state index is 2.41. The Morgan fingerprint density at radius 2 is 1.03 bits per heavy atom. The van der Waals surface area contributed by atoms with Gasteiger partial charge in [0.25, 0.3) is 0 Å². The van der Waals surface area contributed by atoms with E-state index >= 15 is 0 Å². The van der Waals surface area contributed by atoms with Gasteiger partial charge >= 0.3 is 0 Å². The second kappa shape index (κ2) is 7.79. The zero-order chi connectivity index (χ0) is 25.5. The van der Waals surface area contributed by atoms with Gasteiger partial charge in [-0.25, -0.2) is 0 Å². The van der Waals surface area contributed by atoms with E-state index < -0.39 is 0 Å². The van der Waals surface area contributed by atoms with Crippen LogP contribution in [0.4, 0.5) is 0 Å². The molecule has 0 atom stereocenters. The summed E-state index contributed by atoms with van der Waals surface area (Å²) < 4.78 is 0. The Labute approximate surface area is 227 Å². The van der Waals surface area contributed by atoms with Crippen molar-refractivity contribution in [2.45, 2.75) is 6.42 Å². The van der Waals surface area contributed by atoms with E-state index in [2.05, 4.69) is 133 Å². The molecule has 0 heterocycles. The van der Waals surface area contributed by atoms with Crippen LogP contribution < -0.4 is 0 Å². The van der Waals surface area contributed by atoms with Crippen molar-refractivity contribution >= 4 is 49.9 Å². The fraction of sp³-hybridized carbons (Fsp3) is 0.0256. The Hall–Kier alpha value is -4.94. The molecule has 0 N–H and O–H groups in total. The number of hydrogen-bond donors (Lipinski definition) is 0. The highest BCUT2D eigenvalue weighted by atomic mass is 14.4. The van der Waals surface area contributed by atoms with Gasteiger partial charge in [-0.3, -0.25) is 0 Å². The average molecular weight is 493 g/mol. The van der Waals surface area contributed by atoms with Crippen LogP contribution in [0.2, 0.25) is 0 Å². The molecule has 0 bridgehead atoms. The average Bonchev–Trinajstić information content (AvgIpc) is 3.69. The lowest BCUT2D eigenvalue weighted by atomic mass is 9.87. The van der Waals surface area contributed by atoms with Crippen molar-refractivity contribution in [2.24, 2.45) is 0 Å². The Balaban J connectivity index is 1.50. The molecule has 6 aromatic rings. The van der Waals surface area contributed by atoms with Crippen molar-refractivity contribution in [3.05, 3.63) is 172 Å². The molecular formula is C39H24. The summed E-state index contributed by atoms with van der Waals surface area (Å²) in [6, 6.07) is 45.1. The lowest BCUT2D eigenvalue weighted by molar-refractivity contribution is 1.31. The van der Waals surface area contributed by atoms with Gasteiger partial charge in [0.05, 0.1) is 0 Å². The van der Waals surface area contributed by atoms with Gasteiger partial charge in [-0.15, -0.1) is 0 Å². The third-order valence-electron chi connectivity index (χ3n) is 8.78. The highest BCUT2D eigenvalue weighted by Crippen LogP contribution is 2.60. The van der Waals surface area contributed by atoms with E-state index in [1.165, 1.54) is 88.3 Å². The molecule has 0 amide bonds. The number of fused-ring (bicyclic) bond motifs is 10. The van der Waals surface area contributed by atoms with E-state index in [0.717, 1.165) is 6.42 Å². The minimum Gasteiger partial charge on any atom is -0.0795 e. The first-order valence-electron chi connectivity index (χ1n) is 13.8. The summed E-state index contributed by atoms with van der Waals surface area (Å²) in [4.78, 5) is 0. The van der Waals surface area contributed by atoms with Crippen molar-refractivity contribution in [2.75, 3.05) is 0 Å². The van der Waals surface area contributed by atoms with E-state index in [-0.39, 0.29) is 0 Å². The van der Waals surface area contributed by atoms with Crippen molar-refractivity contribution < 1.29 is 0 Å². The van der Waals surface area contributed by atoms with Crippen molar-refractivity contribution in [1.29, 1.82) is 0 Å². The quantitative estimate of drug-likeness (QED) is 0.226. The topological polar surface area (TPSA) is 0 Å². The molecule has 0 fully saturated rings. The van der Waals surface area contributed by atoms with Gasteiger partial charge in [0.1, 0.15) is 0 Å². The summed E-state index contributed by atoms with van der Waals surface area (Å²) in [5, 5.41) is 5.22. The van der Waals surface area contributed by atoms with E-state index in [1.807, 2.05) is 0 Å². The van der Waals surface area contributed by atoms with E-state index in [0.29, 0.717) is 0 Å². The Bertz CT molecular complexity index is 2120. The molecule has 0 saturated carbocycles. The predicted octanol–water partition coefficient (Wildman–Crippen LogP) is 9.81. The normalized spacial score (nSPS) is 14.8. The van der Waals surface area contributed by atoms with Gasteiger partial charge in [0, 0.05) is 0 Å².